The fraction of sp³-hybridized carbons (Fsp3) is 0.250. The minimum absolute atomic E-state index is 0.101. The highest BCUT2D eigenvalue weighted by Crippen LogP contribution is 2.17. The maximum Gasteiger partial charge on any atom is 0.220 e. The molecule has 104 valence electrons. The molecule has 0 saturated carbocycles. The van der Waals surface area contributed by atoms with Gasteiger partial charge in [0.2, 0.25) is 5.91 Å². The molecule has 0 bridgehead atoms. The van der Waals surface area contributed by atoms with Crippen LogP contribution in [0.15, 0.2) is 59.6 Å². The van der Waals surface area contributed by atoms with E-state index in [0.29, 0.717) is 13.0 Å². The molecule has 2 rings (SSSR count). The Hall–Kier alpha value is -1.81. The lowest BCUT2D eigenvalue weighted by molar-refractivity contribution is -0.120. The van der Waals surface area contributed by atoms with Crippen molar-refractivity contribution >= 4 is 17.7 Å². The summed E-state index contributed by atoms with van der Waals surface area (Å²) in [5.41, 5.74) is 1.01. The lowest BCUT2D eigenvalue weighted by atomic mass is 10.2. The molecule has 0 aliphatic rings. The van der Waals surface area contributed by atoms with Crippen LogP contribution in [-0.4, -0.2) is 23.2 Å². The van der Waals surface area contributed by atoms with Crippen LogP contribution < -0.4 is 5.32 Å². The first-order valence-corrected chi connectivity index (χ1v) is 7.67. The molecule has 0 fully saturated rings. The molecule has 0 aliphatic heterocycles. The lowest BCUT2D eigenvalue weighted by Crippen LogP contribution is -2.26. The maximum absolute atomic E-state index is 11.7. The van der Waals surface area contributed by atoms with Crippen LogP contribution in [0.2, 0.25) is 0 Å². The van der Waals surface area contributed by atoms with Gasteiger partial charge in [0.1, 0.15) is 0 Å². The largest absolute Gasteiger partial charge is 0.356 e. The number of nitrogens with one attached hydrogen (secondary N) is 1. The van der Waals surface area contributed by atoms with Gasteiger partial charge in [-0.05, 0) is 24.3 Å². The molecule has 0 atom stereocenters. The zero-order valence-corrected chi connectivity index (χ0v) is 12.1. The summed E-state index contributed by atoms with van der Waals surface area (Å²) in [5.74, 6) is 0.906. The first kappa shape index (κ1) is 14.6. The first-order valence-electron chi connectivity index (χ1n) is 6.69. The fourth-order valence-electron chi connectivity index (χ4n) is 1.74. The van der Waals surface area contributed by atoms with Crippen molar-refractivity contribution in [1.29, 1.82) is 0 Å². The molecular weight excluding hydrogens is 268 g/mol. The van der Waals surface area contributed by atoms with E-state index < -0.39 is 0 Å². The van der Waals surface area contributed by atoms with Crippen LogP contribution >= 0.6 is 11.8 Å². The summed E-state index contributed by atoms with van der Waals surface area (Å²) in [5, 5.41) is 2.93. The number of nitrogens with zero attached hydrogens (tertiary/aromatic N) is 1. The van der Waals surface area contributed by atoms with Crippen molar-refractivity contribution in [3.63, 3.8) is 0 Å². The molecule has 1 aromatic heterocycles. The van der Waals surface area contributed by atoms with Crippen LogP contribution in [-0.2, 0) is 11.2 Å². The van der Waals surface area contributed by atoms with Gasteiger partial charge in [0.25, 0.3) is 0 Å². The highest BCUT2D eigenvalue weighted by molar-refractivity contribution is 7.99. The average Bonchev–Trinajstić information content (AvgIpc) is 2.49. The molecule has 1 heterocycles. The van der Waals surface area contributed by atoms with Gasteiger partial charge in [-0.3, -0.25) is 9.78 Å². The Morgan fingerprint density at radius 3 is 2.65 bits per heavy atom. The molecule has 0 spiro atoms. The Morgan fingerprint density at radius 1 is 1.10 bits per heavy atom. The Labute approximate surface area is 123 Å². The van der Waals surface area contributed by atoms with Gasteiger partial charge in [0.05, 0.1) is 0 Å². The van der Waals surface area contributed by atoms with Crippen molar-refractivity contribution in [2.75, 3.05) is 12.3 Å². The second-order valence-corrected chi connectivity index (χ2v) is 5.50. The van der Waals surface area contributed by atoms with Crippen molar-refractivity contribution < 1.29 is 4.79 Å². The molecule has 0 aliphatic carbocycles. The zero-order chi connectivity index (χ0) is 14.0. The summed E-state index contributed by atoms with van der Waals surface area (Å²) in [6.07, 6.45) is 3.09. The number of carbonyl (C=O) groups excluding carboxylic acids is 1. The van der Waals surface area contributed by atoms with Gasteiger partial charge in [-0.15, -0.1) is 11.8 Å². The predicted molar refractivity (Wildman–Crippen MR) is 82.7 cm³/mol. The summed E-state index contributed by atoms with van der Waals surface area (Å²) >= 11 is 1.71. The lowest BCUT2D eigenvalue weighted by Gasteiger charge is -2.05. The van der Waals surface area contributed by atoms with Gasteiger partial charge >= 0.3 is 0 Å². The van der Waals surface area contributed by atoms with Crippen molar-refractivity contribution in [1.82, 2.24) is 10.3 Å². The minimum Gasteiger partial charge on any atom is -0.356 e. The SMILES string of the molecule is O=C(CCSc1ccccc1)NCCc1ccccn1. The average molecular weight is 286 g/mol. The van der Waals surface area contributed by atoms with Gasteiger partial charge in [-0.2, -0.15) is 0 Å². The Bertz CT molecular complexity index is 469. The highest BCUT2D eigenvalue weighted by Gasteiger charge is 2.02. The molecule has 0 saturated heterocycles. The number of carbonyl (C=O) groups is 1. The summed E-state index contributed by atoms with van der Waals surface area (Å²) in [6, 6.07) is 16.0. The molecule has 0 radical (unpaired) electrons. The molecule has 3 nitrogen and oxygen atoms in total. The van der Waals surface area contributed by atoms with Crippen LogP contribution in [0.3, 0.4) is 0 Å². The van der Waals surface area contributed by atoms with Crippen LogP contribution in [0.1, 0.15) is 12.1 Å². The molecule has 2 aromatic rings. The normalized spacial score (nSPS) is 10.2. The Balaban J connectivity index is 1.59. The summed E-state index contributed by atoms with van der Waals surface area (Å²) in [7, 11) is 0. The summed E-state index contributed by atoms with van der Waals surface area (Å²) in [6.45, 7) is 0.645. The molecule has 20 heavy (non-hydrogen) atoms. The highest BCUT2D eigenvalue weighted by atomic mass is 32.2. The molecule has 1 amide bonds. The number of thioether (sulfide) groups is 1. The minimum atomic E-state index is 0.101. The van der Waals surface area contributed by atoms with Gasteiger partial charge in [0.15, 0.2) is 0 Å². The van der Waals surface area contributed by atoms with E-state index in [4.69, 9.17) is 0 Å². The Kier molecular flexibility index (Phi) is 6.11. The van der Waals surface area contributed by atoms with E-state index in [-0.39, 0.29) is 5.91 Å². The molecule has 4 heteroatoms. The number of aromatic nitrogens is 1. The maximum atomic E-state index is 11.7. The van der Waals surface area contributed by atoms with E-state index in [1.54, 1.807) is 18.0 Å². The number of amides is 1. The van der Waals surface area contributed by atoms with Crippen LogP contribution in [0.4, 0.5) is 0 Å². The van der Waals surface area contributed by atoms with E-state index >= 15 is 0 Å². The third-order valence-corrected chi connectivity index (χ3v) is 3.78. The van der Waals surface area contributed by atoms with Crippen LogP contribution in [0.5, 0.6) is 0 Å². The predicted octanol–water partition coefficient (Wildman–Crippen LogP) is 2.92. The van der Waals surface area contributed by atoms with Gasteiger partial charge in [0, 0.05) is 41.9 Å². The number of rotatable bonds is 7. The van der Waals surface area contributed by atoms with Gasteiger partial charge in [-0.25, -0.2) is 0 Å². The Morgan fingerprint density at radius 2 is 1.90 bits per heavy atom. The van der Waals surface area contributed by atoms with E-state index in [0.717, 1.165) is 17.9 Å². The summed E-state index contributed by atoms with van der Waals surface area (Å²) in [4.78, 5) is 17.1. The smallest absolute Gasteiger partial charge is 0.220 e. The second kappa shape index (κ2) is 8.38. The fourth-order valence-corrected chi connectivity index (χ4v) is 2.62. The summed E-state index contributed by atoms with van der Waals surface area (Å²) < 4.78 is 0. The molecular formula is C16H18N2OS. The second-order valence-electron chi connectivity index (χ2n) is 4.33. The third-order valence-electron chi connectivity index (χ3n) is 2.77. The van der Waals surface area contributed by atoms with Crippen molar-refractivity contribution in [3.05, 3.63) is 60.4 Å². The topological polar surface area (TPSA) is 42.0 Å². The molecule has 1 N–H and O–H groups in total. The van der Waals surface area contributed by atoms with E-state index in [1.165, 1.54) is 4.90 Å². The molecule has 1 aromatic carbocycles. The molecule has 0 unspecified atom stereocenters. The quantitative estimate of drug-likeness (QED) is 0.796. The van der Waals surface area contributed by atoms with E-state index in [9.17, 15) is 4.79 Å². The number of hydrogen-bond acceptors (Lipinski definition) is 3. The standard InChI is InChI=1S/C16H18N2OS/c19-16(10-13-20-15-7-2-1-3-8-15)18-12-9-14-6-4-5-11-17-14/h1-8,11H,9-10,12-13H2,(H,18,19). The number of hydrogen-bond donors (Lipinski definition) is 1. The van der Waals surface area contributed by atoms with E-state index in [1.807, 2.05) is 36.4 Å². The van der Waals surface area contributed by atoms with Crippen molar-refractivity contribution in [3.8, 4) is 0 Å². The number of pyridine rings is 1. The first-order chi connectivity index (χ1) is 9.84. The van der Waals surface area contributed by atoms with Crippen LogP contribution in [0, 0.1) is 0 Å². The van der Waals surface area contributed by atoms with Crippen molar-refractivity contribution in [2.45, 2.75) is 17.7 Å². The van der Waals surface area contributed by atoms with Gasteiger partial charge in [-0.1, -0.05) is 24.3 Å². The zero-order valence-electron chi connectivity index (χ0n) is 11.3. The van der Waals surface area contributed by atoms with Gasteiger partial charge < -0.3 is 5.32 Å². The van der Waals surface area contributed by atoms with Crippen molar-refractivity contribution in [2.24, 2.45) is 0 Å². The van der Waals surface area contributed by atoms with Crippen LogP contribution in [0.25, 0.3) is 0 Å². The third kappa shape index (κ3) is 5.45. The monoisotopic (exact) mass is 286 g/mol. The number of benzene rings is 1. The van der Waals surface area contributed by atoms with E-state index in [2.05, 4.69) is 22.4 Å².